The lowest BCUT2D eigenvalue weighted by atomic mass is 9.79. The van der Waals surface area contributed by atoms with Gasteiger partial charge >= 0.3 is 0 Å². The van der Waals surface area contributed by atoms with Crippen LogP contribution in [0.2, 0.25) is 0 Å². The monoisotopic (exact) mass is 367 g/mol. The van der Waals surface area contributed by atoms with E-state index in [1.165, 1.54) is 27.7 Å². The zero-order chi connectivity index (χ0) is 19.7. The smallest absolute Gasteiger partial charge is 0.195 e. The van der Waals surface area contributed by atoms with Crippen molar-refractivity contribution in [1.82, 2.24) is 0 Å². The van der Waals surface area contributed by atoms with E-state index in [4.69, 9.17) is 5.53 Å². The van der Waals surface area contributed by atoms with E-state index in [9.17, 15) is 0 Å². The molecule has 1 aliphatic heterocycles. The highest BCUT2D eigenvalue weighted by Gasteiger charge is 2.44. The van der Waals surface area contributed by atoms with Crippen LogP contribution >= 0.6 is 0 Å². The van der Waals surface area contributed by atoms with Gasteiger partial charge in [-0.3, -0.25) is 0 Å². The van der Waals surface area contributed by atoms with Crippen molar-refractivity contribution in [3.8, 4) is 0 Å². The van der Waals surface area contributed by atoms with Gasteiger partial charge < -0.3 is 0 Å². The maximum absolute atomic E-state index is 8.55. The summed E-state index contributed by atoms with van der Waals surface area (Å²) in [6.07, 6.45) is 4.36. The molecule has 4 rings (SSSR count). The van der Waals surface area contributed by atoms with Crippen LogP contribution in [0.3, 0.4) is 0 Å². The SMILES string of the molecule is CC[N+]1=C(/C=C/c2ccc(N=[N+]=[N-])cc2)C(C)(C)c2c1ccc1ccccc21. The molecular formula is C24H23N4+. The molecule has 3 aromatic carbocycles. The zero-order valence-electron chi connectivity index (χ0n) is 16.4. The lowest BCUT2D eigenvalue weighted by Crippen LogP contribution is -2.27. The third-order valence-electron chi connectivity index (χ3n) is 5.56. The molecule has 0 saturated heterocycles. The van der Waals surface area contributed by atoms with Gasteiger partial charge in [-0.2, -0.15) is 4.58 Å². The number of nitrogens with zero attached hydrogens (tertiary/aromatic N) is 4. The van der Waals surface area contributed by atoms with Crippen LogP contribution in [-0.4, -0.2) is 16.8 Å². The van der Waals surface area contributed by atoms with Crippen LogP contribution in [-0.2, 0) is 5.41 Å². The molecule has 3 aromatic rings. The first-order valence-corrected chi connectivity index (χ1v) is 9.56. The van der Waals surface area contributed by atoms with Gasteiger partial charge in [-0.15, -0.1) is 0 Å². The third kappa shape index (κ3) is 2.88. The van der Waals surface area contributed by atoms with Crippen molar-refractivity contribution < 1.29 is 4.58 Å². The molecule has 28 heavy (non-hydrogen) atoms. The highest BCUT2D eigenvalue weighted by atomic mass is 15.1. The number of rotatable bonds is 4. The van der Waals surface area contributed by atoms with Gasteiger partial charge in [0.15, 0.2) is 5.71 Å². The summed E-state index contributed by atoms with van der Waals surface area (Å²) in [7, 11) is 0. The molecule has 0 aliphatic carbocycles. The number of benzene rings is 3. The number of fused-ring (bicyclic) bond motifs is 3. The number of azide groups is 1. The summed E-state index contributed by atoms with van der Waals surface area (Å²) in [4.78, 5) is 2.83. The fourth-order valence-electron chi connectivity index (χ4n) is 4.25. The van der Waals surface area contributed by atoms with E-state index in [1.54, 1.807) is 0 Å². The maximum atomic E-state index is 8.55. The first-order chi connectivity index (χ1) is 13.6. The average Bonchev–Trinajstić information content (AvgIpc) is 2.94. The fourth-order valence-corrected chi connectivity index (χ4v) is 4.25. The van der Waals surface area contributed by atoms with E-state index < -0.39 is 0 Å². The molecule has 0 unspecified atom stereocenters. The Hall–Kier alpha value is -3.36. The van der Waals surface area contributed by atoms with Gasteiger partial charge in [-0.1, -0.05) is 53.6 Å². The van der Waals surface area contributed by atoms with Crippen LogP contribution < -0.4 is 0 Å². The first-order valence-electron chi connectivity index (χ1n) is 9.56. The minimum Gasteiger partial charge on any atom is -0.195 e. The van der Waals surface area contributed by atoms with Gasteiger partial charge in [0.2, 0.25) is 5.69 Å². The van der Waals surface area contributed by atoms with Crippen molar-refractivity contribution >= 4 is 33.9 Å². The second-order valence-electron chi connectivity index (χ2n) is 7.55. The normalized spacial score (nSPS) is 15.1. The van der Waals surface area contributed by atoms with E-state index in [0.717, 1.165) is 12.1 Å². The summed E-state index contributed by atoms with van der Waals surface area (Å²) in [5.74, 6) is 0. The Kier molecular flexibility index (Phi) is 4.50. The second-order valence-corrected chi connectivity index (χ2v) is 7.55. The largest absolute Gasteiger partial charge is 0.210 e. The topological polar surface area (TPSA) is 51.8 Å². The van der Waals surface area contributed by atoms with Crippen LogP contribution in [0.5, 0.6) is 0 Å². The van der Waals surface area contributed by atoms with E-state index in [1.807, 2.05) is 24.3 Å². The Morgan fingerprint density at radius 1 is 1.00 bits per heavy atom. The predicted molar refractivity (Wildman–Crippen MR) is 117 cm³/mol. The molecule has 0 radical (unpaired) electrons. The minimum atomic E-state index is -0.0895. The number of hydrogen-bond acceptors (Lipinski definition) is 1. The number of allylic oxidation sites excluding steroid dienone is 1. The van der Waals surface area contributed by atoms with Gasteiger partial charge in [0.1, 0.15) is 6.54 Å². The molecule has 0 aromatic heterocycles. The van der Waals surface area contributed by atoms with Crippen molar-refractivity contribution in [2.75, 3.05) is 6.54 Å². The molecule has 0 spiro atoms. The summed E-state index contributed by atoms with van der Waals surface area (Å²) in [5.41, 5.74) is 14.1. The molecule has 0 N–H and O–H groups in total. The van der Waals surface area contributed by atoms with Crippen LogP contribution in [0.4, 0.5) is 11.4 Å². The molecular weight excluding hydrogens is 344 g/mol. The van der Waals surface area contributed by atoms with Gasteiger partial charge in [0.05, 0.1) is 5.41 Å². The highest BCUT2D eigenvalue weighted by Crippen LogP contribution is 2.44. The molecule has 0 saturated carbocycles. The lowest BCUT2D eigenvalue weighted by molar-refractivity contribution is -0.433. The Labute approximate surface area is 165 Å². The maximum Gasteiger partial charge on any atom is 0.210 e. The van der Waals surface area contributed by atoms with E-state index >= 15 is 0 Å². The van der Waals surface area contributed by atoms with Gasteiger partial charge in [-0.05, 0) is 54.8 Å². The van der Waals surface area contributed by atoms with Crippen LogP contribution in [0, 0.1) is 0 Å². The van der Waals surface area contributed by atoms with Crippen LogP contribution in [0.15, 0.2) is 71.9 Å². The molecule has 138 valence electrons. The second kappa shape index (κ2) is 6.99. The Morgan fingerprint density at radius 2 is 1.75 bits per heavy atom. The Bertz CT molecular complexity index is 1160. The van der Waals surface area contributed by atoms with Crippen molar-refractivity contribution in [3.63, 3.8) is 0 Å². The van der Waals surface area contributed by atoms with Crippen LogP contribution in [0.1, 0.15) is 31.9 Å². The van der Waals surface area contributed by atoms with Crippen molar-refractivity contribution in [2.24, 2.45) is 5.11 Å². The van der Waals surface area contributed by atoms with E-state index in [-0.39, 0.29) is 5.41 Å². The molecule has 0 amide bonds. The summed E-state index contributed by atoms with van der Waals surface area (Å²) < 4.78 is 2.41. The molecule has 4 heteroatoms. The average molecular weight is 367 g/mol. The minimum absolute atomic E-state index is 0.0895. The van der Waals surface area contributed by atoms with E-state index in [0.29, 0.717) is 5.69 Å². The molecule has 1 aliphatic rings. The van der Waals surface area contributed by atoms with Crippen molar-refractivity contribution in [3.05, 3.63) is 88.3 Å². The first kappa shape index (κ1) is 18.0. The predicted octanol–water partition coefficient (Wildman–Crippen LogP) is 6.89. The molecule has 4 nitrogen and oxygen atoms in total. The molecule has 0 bridgehead atoms. The Balaban J connectivity index is 1.79. The molecule has 0 fully saturated rings. The van der Waals surface area contributed by atoms with Crippen molar-refractivity contribution in [1.29, 1.82) is 0 Å². The van der Waals surface area contributed by atoms with Gasteiger partial charge in [-0.25, -0.2) is 0 Å². The standard InChI is InChI=1S/C24H23N4/c1-4-28-21-15-12-18-7-5-6-8-20(18)23(21)24(2,3)22(28)16-11-17-9-13-19(14-10-17)26-27-25/h5-16H,4H2,1-3H3/q+1/b16-11+. The fraction of sp³-hybridized carbons (Fsp3) is 0.208. The highest BCUT2D eigenvalue weighted by molar-refractivity contribution is 6.09. The third-order valence-corrected chi connectivity index (χ3v) is 5.56. The summed E-state index contributed by atoms with van der Waals surface area (Å²) in [5, 5.41) is 6.24. The molecule has 0 atom stereocenters. The van der Waals surface area contributed by atoms with Gasteiger partial charge in [0.25, 0.3) is 0 Å². The van der Waals surface area contributed by atoms with Gasteiger partial charge in [0, 0.05) is 28.3 Å². The summed E-state index contributed by atoms with van der Waals surface area (Å²) in [6, 6.07) is 20.7. The molecule has 1 heterocycles. The van der Waals surface area contributed by atoms with E-state index in [2.05, 4.69) is 83.9 Å². The summed E-state index contributed by atoms with van der Waals surface area (Å²) >= 11 is 0. The number of hydrogen-bond donors (Lipinski definition) is 0. The van der Waals surface area contributed by atoms with Crippen molar-refractivity contribution in [2.45, 2.75) is 26.2 Å². The Morgan fingerprint density at radius 3 is 2.46 bits per heavy atom. The quantitative estimate of drug-likeness (QED) is 0.209. The lowest BCUT2D eigenvalue weighted by Gasteiger charge is -2.17. The zero-order valence-corrected chi connectivity index (χ0v) is 16.4. The summed E-state index contributed by atoms with van der Waals surface area (Å²) in [6.45, 7) is 7.73. The van der Waals surface area contributed by atoms with Crippen LogP contribution in [0.25, 0.3) is 27.3 Å².